The van der Waals surface area contributed by atoms with E-state index in [1.165, 1.54) is 4.57 Å². The maximum absolute atomic E-state index is 12.7. The van der Waals surface area contributed by atoms with Crippen LogP contribution in [-0.2, 0) is 19.9 Å². The van der Waals surface area contributed by atoms with Crippen molar-refractivity contribution < 1.29 is 42.0 Å². The Morgan fingerprint density at radius 1 is 0.962 bits per heavy atom. The molecule has 1 amide bonds. The molecule has 3 atom stereocenters. The van der Waals surface area contributed by atoms with Gasteiger partial charge >= 0.3 is 12.1 Å². The molecule has 0 bridgehead atoms. The van der Waals surface area contributed by atoms with Gasteiger partial charge in [-0.25, -0.2) is 4.98 Å². The summed E-state index contributed by atoms with van der Waals surface area (Å²) >= 11 is 0. The molecule has 0 radical (unpaired) electrons. The number of nitrogens with two attached hydrogens (primary N) is 1. The van der Waals surface area contributed by atoms with Crippen LogP contribution < -0.4 is 31.4 Å². The zero-order chi connectivity index (χ0) is 37.0. The van der Waals surface area contributed by atoms with E-state index in [0.717, 1.165) is 16.7 Å². The number of H-pyrrole nitrogens is 1. The number of nitrogens with one attached hydrogen (secondary N) is 3. The van der Waals surface area contributed by atoms with E-state index < -0.39 is 48.2 Å². The summed E-state index contributed by atoms with van der Waals surface area (Å²) in [5.74, 6) is -1.03. The first kappa shape index (κ1) is 36.2. The van der Waals surface area contributed by atoms with Gasteiger partial charge in [-0.1, -0.05) is 54.6 Å². The van der Waals surface area contributed by atoms with Crippen LogP contribution in [0.1, 0.15) is 29.3 Å². The van der Waals surface area contributed by atoms with E-state index in [4.69, 9.17) is 24.7 Å². The molecule has 0 saturated carbocycles. The predicted molar refractivity (Wildman–Crippen MR) is 183 cm³/mol. The molecule has 1 aliphatic heterocycles. The third kappa shape index (κ3) is 7.23. The Balaban J connectivity index is 1.32. The van der Waals surface area contributed by atoms with E-state index >= 15 is 0 Å². The minimum atomic E-state index is -5.05. The predicted octanol–water partition coefficient (Wildman–Crippen LogP) is 3.47. The fourth-order valence-corrected chi connectivity index (χ4v) is 6.15. The second-order valence-electron chi connectivity index (χ2n) is 11.9. The number of ether oxygens (including phenoxy) is 4. The molecule has 3 heterocycles. The van der Waals surface area contributed by atoms with Crippen molar-refractivity contribution in [3.8, 4) is 11.5 Å². The summed E-state index contributed by atoms with van der Waals surface area (Å²) in [6.07, 6.45) is -8.02. The fraction of sp³-hybridized carbons (Fsp3) is 0.314. The summed E-state index contributed by atoms with van der Waals surface area (Å²) in [6, 6.07) is 24.4. The Morgan fingerprint density at radius 2 is 1.56 bits per heavy atom. The Bertz CT molecular complexity index is 2010. The topological polar surface area (TPSA) is 188 Å². The van der Waals surface area contributed by atoms with Crippen molar-refractivity contribution in [1.82, 2.24) is 24.8 Å². The molecule has 274 valence electrons. The molecule has 0 spiro atoms. The van der Waals surface area contributed by atoms with Crippen LogP contribution >= 0.6 is 0 Å². The Labute approximate surface area is 294 Å². The lowest BCUT2D eigenvalue weighted by molar-refractivity contribution is -0.173. The van der Waals surface area contributed by atoms with Crippen molar-refractivity contribution in [2.75, 3.05) is 45.0 Å². The maximum atomic E-state index is 12.7. The zero-order valence-electron chi connectivity index (χ0n) is 28.0. The van der Waals surface area contributed by atoms with Gasteiger partial charge in [0, 0.05) is 19.5 Å². The number of alkyl halides is 3. The molecule has 14 nitrogen and oxygen atoms in total. The van der Waals surface area contributed by atoms with Gasteiger partial charge in [-0.2, -0.15) is 18.2 Å². The average Bonchev–Trinajstić information content (AvgIpc) is 3.70. The van der Waals surface area contributed by atoms with Crippen LogP contribution in [0.5, 0.6) is 11.5 Å². The van der Waals surface area contributed by atoms with Crippen molar-refractivity contribution in [2.45, 2.75) is 36.6 Å². The second kappa shape index (κ2) is 14.9. The quantitative estimate of drug-likeness (QED) is 0.0885. The number of halogens is 3. The van der Waals surface area contributed by atoms with Crippen molar-refractivity contribution in [2.24, 2.45) is 0 Å². The van der Waals surface area contributed by atoms with Gasteiger partial charge in [0.2, 0.25) is 11.9 Å². The van der Waals surface area contributed by atoms with Crippen LogP contribution in [-0.4, -0.2) is 82.8 Å². The van der Waals surface area contributed by atoms with Gasteiger partial charge in [0.05, 0.1) is 26.9 Å². The number of aromatic nitrogens is 4. The number of methoxy groups -OCH3 is 2. The highest BCUT2D eigenvalue weighted by atomic mass is 19.4. The van der Waals surface area contributed by atoms with Gasteiger partial charge in [-0.05, 0) is 41.0 Å². The fourth-order valence-electron chi connectivity index (χ4n) is 6.15. The van der Waals surface area contributed by atoms with E-state index in [0.29, 0.717) is 11.5 Å². The van der Waals surface area contributed by atoms with E-state index in [9.17, 15) is 27.9 Å². The van der Waals surface area contributed by atoms with Crippen LogP contribution in [0.4, 0.5) is 25.1 Å². The number of hydrogen-bond acceptors (Lipinski definition) is 11. The summed E-state index contributed by atoms with van der Waals surface area (Å²) in [6.45, 7) is -0.750. The molecular weight excluding hydrogens is 687 g/mol. The largest absolute Gasteiger partial charge is 0.497 e. The lowest BCUT2D eigenvalue weighted by Crippen LogP contribution is -2.39. The summed E-state index contributed by atoms with van der Waals surface area (Å²) < 4.78 is 63.6. The molecule has 1 fully saturated rings. The number of nitrogen functional groups attached to an aromatic ring is 1. The summed E-state index contributed by atoms with van der Waals surface area (Å²) in [5, 5.41) is 16.0. The third-order valence-corrected chi connectivity index (χ3v) is 8.65. The lowest BCUT2D eigenvalue weighted by Gasteiger charge is -2.37. The molecule has 6 N–H and O–H groups in total. The minimum absolute atomic E-state index is 0.00321. The van der Waals surface area contributed by atoms with E-state index in [1.807, 2.05) is 78.9 Å². The zero-order valence-corrected chi connectivity index (χ0v) is 28.0. The van der Waals surface area contributed by atoms with Crippen LogP contribution in [0, 0.1) is 0 Å². The van der Waals surface area contributed by atoms with Crippen LogP contribution in [0.25, 0.3) is 11.2 Å². The average molecular weight is 724 g/mol. The number of anilines is 2. The molecule has 1 unspecified atom stereocenters. The number of carbonyl (C=O) groups is 1. The van der Waals surface area contributed by atoms with Gasteiger partial charge in [-0.15, -0.1) is 0 Å². The Morgan fingerprint density at radius 3 is 2.13 bits per heavy atom. The smallest absolute Gasteiger partial charge is 0.471 e. The van der Waals surface area contributed by atoms with Gasteiger partial charge in [0.15, 0.2) is 11.2 Å². The van der Waals surface area contributed by atoms with Crippen molar-refractivity contribution in [3.63, 3.8) is 0 Å². The number of rotatable bonds is 13. The summed E-state index contributed by atoms with van der Waals surface area (Å²) in [5.41, 5.74) is 6.16. The highest BCUT2D eigenvalue weighted by Crippen LogP contribution is 2.43. The highest BCUT2D eigenvalue weighted by molar-refractivity contribution is 5.81. The second-order valence-corrected chi connectivity index (χ2v) is 11.9. The monoisotopic (exact) mass is 723 g/mol. The highest BCUT2D eigenvalue weighted by Gasteiger charge is 2.43. The van der Waals surface area contributed by atoms with Gasteiger partial charge in [-0.3, -0.25) is 19.1 Å². The third-order valence-electron chi connectivity index (χ3n) is 8.65. The van der Waals surface area contributed by atoms with Gasteiger partial charge < -0.3 is 40.4 Å². The molecule has 6 rings (SSSR count). The molecule has 1 saturated heterocycles. The molecule has 52 heavy (non-hydrogen) atoms. The van der Waals surface area contributed by atoms with Gasteiger partial charge in [0.25, 0.3) is 5.56 Å². The van der Waals surface area contributed by atoms with Crippen LogP contribution in [0.2, 0.25) is 0 Å². The molecule has 5 aromatic rings. The molecule has 3 aromatic carbocycles. The SMILES string of the molecule is COc1ccc(C(OC[C@H]2O[C@@H](n3c(NCCNC(=O)C(F)(F)F)nc4c(=O)[nH]c(N)nc43)CC2O)(c2ccccc2)c2ccc(OC)cc2)cc1. The number of aliphatic hydroxyl groups is 1. The van der Waals surface area contributed by atoms with Crippen LogP contribution in [0.15, 0.2) is 83.7 Å². The number of aliphatic hydroxyl groups excluding tert-OH is 1. The summed E-state index contributed by atoms with van der Waals surface area (Å²) in [4.78, 5) is 34.9. The first-order chi connectivity index (χ1) is 24.9. The lowest BCUT2D eigenvalue weighted by atomic mass is 9.80. The minimum Gasteiger partial charge on any atom is -0.497 e. The van der Waals surface area contributed by atoms with Crippen molar-refractivity contribution >= 4 is 29.0 Å². The van der Waals surface area contributed by atoms with E-state index in [-0.39, 0.29) is 42.6 Å². The van der Waals surface area contributed by atoms with E-state index in [1.54, 1.807) is 19.5 Å². The van der Waals surface area contributed by atoms with Gasteiger partial charge in [0.1, 0.15) is 29.4 Å². The maximum Gasteiger partial charge on any atom is 0.471 e. The van der Waals surface area contributed by atoms with Crippen LogP contribution in [0.3, 0.4) is 0 Å². The van der Waals surface area contributed by atoms with Crippen molar-refractivity contribution in [1.29, 1.82) is 0 Å². The molecule has 1 aliphatic rings. The molecule has 2 aromatic heterocycles. The first-order valence-corrected chi connectivity index (χ1v) is 16.1. The van der Waals surface area contributed by atoms with Crippen molar-refractivity contribution in [3.05, 3.63) is 106 Å². The number of amides is 1. The normalized spacial score (nSPS) is 17.6. The number of aromatic amines is 1. The Kier molecular flexibility index (Phi) is 10.4. The molecule has 0 aliphatic carbocycles. The first-order valence-electron chi connectivity index (χ1n) is 16.1. The Hall–Kier alpha value is -5.65. The number of nitrogens with zero attached hydrogens (tertiary/aromatic N) is 3. The number of carbonyl (C=O) groups excluding carboxylic acids is 1. The number of fused-ring (bicyclic) bond motifs is 1. The standard InChI is InChI=1S/C35H36F3N7O7/c1-49-23-12-8-21(9-13-23)34(20-6-4-3-5-7-20,22-10-14-24(50-2)15-11-22)51-19-26-25(46)18-27(52-26)45-29-28(30(47)44-32(39)43-29)42-33(45)41-17-16-40-31(48)35(36,37)38/h3-15,25-27,46H,16-19H2,1-2H3,(H,40,48)(H,41,42)(H3,39,43,44,47)/t25?,26-,27-/m1/s1. The number of imidazole rings is 1. The number of benzene rings is 3. The number of hydrogen-bond donors (Lipinski definition) is 5. The summed E-state index contributed by atoms with van der Waals surface area (Å²) in [7, 11) is 3.15. The molecular formula is C35H36F3N7O7. The molecule has 17 heteroatoms. The van der Waals surface area contributed by atoms with E-state index in [2.05, 4.69) is 20.3 Å².